The van der Waals surface area contributed by atoms with Gasteiger partial charge in [-0.25, -0.2) is 9.50 Å². The number of rotatable bonds is 9. The van der Waals surface area contributed by atoms with Crippen molar-refractivity contribution in [3.05, 3.63) is 65.4 Å². The number of fused-ring (bicyclic) bond motifs is 1. The number of carbonyl (C=O) groups excluding carboxylic acids is 1. The molecule has 0 aliphatic heterocycles. The van der Waals surface area contributed by atoms with E-state index in [1.165, 1.54) is 11.8 Å². The second-order valence-electron chi connectivity index (χ2n) is 7.94. The Kier molecular flexibility index (Phi) is 7.45. The van der Waals surface area contributed by atoms with E-state index in [1.54, 1.807) is 21.3 Å². The fourth-order valence-corrected chi connectivity index (χ4v) is 4.69. The highest BCUT2D eigenvalue weighted by Gasteiger charge is 2.18. The summed E-state index contributed by atoms with van der Waals surface area (Å²) in [7, 11) is 4.68. The molecule has 0 atom stereocenters. The minimum atomic E-state index is -0.119. The zero-order chi connectivity index (χ0) is 24.9. The Morgan fingerprint density at radius 3 is 2.31 bits per heavy atom. The van der Waals surface area contributed by atoms with E-state index in [1.807, 2.05) is 60.0 Å². The molecule has 8 nitrogen and oxygen atoms in total. The molecule has 0 saturated carbocycles. The van der Waals surface area contributed by atoms with Gasteiger partial charge in [-0.15, -0.1) is 0 Å². The quantitative estimate of drug-likeness (QED) is 0.346. The van der Waals surface area contributed by atoms with Gasteiger partial charge in [0.05, 0.1) is 44.0 Å². The van der Waals surface area contributed by atoms with Gasteiger partial charge in [-0.3, -0.25) is 4.79 Å². The fraction of sp³-hybridized carbons (Fsp3) is 0.269. The Morgan fingerprint density at radius 2 is 1.69 bits per heavy atom. The van der Waals surface area contributed by atoms with Gasteiger partial charge in [-0.1, -0.05) is 42.1 Å². The Balaban J connectivity index is 1.51. The summed E-state index contributed by atoms with van der Waals surface area (Å²) in [6.45, 7) is 4.33. The summed E-state index contributed by atoms with van der Waals surface area (Å²) in [5.41, 5.74) is 5.63. The molecule has 0 bridgehead atoms. The van der Waals surface area contributed by atoms with Crippen LogP contribution < -0.4 is 19.5 Å². The first-order valence-electron chi connectivity index (χ1n) is 11.1. The molecule has 0 aliphatic rings. The molecule has 4 aromatic rings. The largest absolute Gasteiger partial charge is 0.493 e. The van der Waals surface area contributed by atoms with E-state index >= 15 is 0 Å². The van der Waals surface area contributed by atoms with Crippen molar-refractivity contribution in [2.75, 3.05) is 27.1 Å². The van der Waals surface area contributed by atoms with E-state index in [9.17, 15) is 4.79 Å². The summed E-state index contributed by atoms with van der Waals surface area (Å²) in [5.74, 6) is 1.68. The monoisotopic (exact) mass is 492 g/mol. The predicted octanol–water partition coefficient (Wildman–Crippen LogP) is 4.45. The first kappa shape index (κ1) is 24.4. The first-order valence-corrected chi connectivity index (χ1v) is 12.0. The molecule has 182 valence electrons. The smallest absolute Gasteiger partial charge is 0.230 e. The van der Waals surface area contributed by atoms with Crippen LogP contribution in [0, 0.1) is 13.8 Å². The molecule has 1 N–H and O–H groups in total. The van der Waals surface area contributed by atoms with Crippen molar-refractivity contribution < 1.29 is 19.0 Å². The van der Waals surface area contributed by atoms with Crippen LogP contribution in [-0.4, -0.2) is 47.6 Å². The zero-order valence-corrected chi connectivity index (χ0v) is 21.2. The van der Waals surface area contributed by atoms with Gasteiger partial charge in [0.25, 0.3) is 0 Å². The SMILES string of the molecule is COc1cc(CNC(=O)CSc2nc(-c3ccccc3)c3c(C)cc(C)nn23)cc(OC)c1OC. The summed E-state index contributed by atoms with van der Waals surface area (Å²) in [5, 5.41) is 8.29. The van der Waals surface area contributed by atoms with Crippen molar-refractivity contribution in [3.8, 4) is 28.5 Å². The number of imidazole rings is 1. The topological polar surface area (TPSA) is 87.0 Å². The number of nitrogens with zero attached hydrogens (tertiary/aromatic N) is 3. The van der Waals surface area contributed by atoms with Crippen LogP contribution in [0.3, 0.4) is 0 Å². The number of nitrogens with one attached hydrogen (secondary N) is 1. The highest BCUT2D eigenvalue weighted by Crippen LogP contribution is 2.38. The number of benzene rings is 2. The summed E-state index contributed by atoms with van der Waals surface area (Å²) < 4.78 is 18.0. The number of amides is 1. The van der Waals surface area contributed by atoms with Crippen LogP contribution in [0.1, 0.15) is 16.8 Å². The second-order valence-corrected chi connectivity index (χ2v) is 8.88. The van der Waals surface area contributed by atoms with E-state index in [-0.39, 0.29) is 11.7 Å². The standard InChI is InChI=1S/C26H28N4O4S/c1-16-11-17(2)29-30-24(16)23(19-9-7-6-8-10-19)28-26(30)35-15-22(31)27-14-18-12-20(32-3)25(34-5)21(13-18)33-4/h6-13H,14-15H2,1-5H3,(H,27,31). The van der Waals surface area contributed by atoms with Gasteiger partial charge in [0.1, 0.15) is 0 Å². The Bertz CT molecular complexity index is 1330. The molecule has 0 fully saturated rings. The summed E-state index contributed by atoms with van der Waals surface area (Å²) in [6, 6.07) is 15.7. The fourth-order valence-electron chi connectivity index (χ4n) is 3.92. The molecule has 2 aromatic heterocycles. The summed E-state index contributed by atoms with van der Waals surface area (Å²) in [6.07, 6.45) is 0. The first-order chi connectivity index (χ1) is 16.9. The number of aryl methyl sites for hydroxylation is 2. The zero-order valence-electron chi connectivity index (χ0n) is 20.4. The van der Waals surface area contributed by atoms with Gasteiger partial charge in [0, 0.05) is 12.1 Å². The molecule has 0 radical (unpaired) electrons. The molecule has 2 aromatic carbocycles. The van der Waals surface area contributed by atoms with Crippen molar-refractivity contribution >= 4 is 23.2 Å². The highest BCUT2D eigenvalue weighted by molar-refractivity contribution is 7.99. The van der Waals surface area contributed by atoms with Crippen LogP contribution in [0.15, 0.2) is 53.7 Å². The lowest BCUT2D eigenvalue weighted by Gasteiger charge is -2.14. The van der Waals surface area contributed by atoms with Crippen LogP contribution in [0.2, 0.25) is 0 Å². The van der Waals surface area contributed by atoms with Crippen molar-refractivity contribution in [2.45, 2.75) is 25.5 Å². The number of ether oxygens (including phenoxy) is 3. The van der Waals surface area contributed by atoms with Gasteiger partial charge in [-0.05, 0) is 43.2 Å². The lowest BCUT2D eigenvalue weighted by atomic mass is 10.1. The molecule has 4 rings (SSSR count). The third-order valence-corrected chi connectivity index (χ3v) is 6.40. The number of hydrogen-bond donors (Lipinski definition) is 1. The average Bonchev–Trinajstić information content (AvgIpc) is 3.24. The van der Waals surface area contributed by atoms with Crippen LogP contribution in [0.25, 0.3) is 16.8 Å². The van der Waals surface area contributed by atoms with Crippen molar-refractivity contribution in [3.63, 3.8) is 0 Å². The molecule has 0 spiro atoms. The van der Waals surface area contributed by atoms with Crippen LogP contribution in [-0.2, 0) is 11.3 Å². The van der Waals surface area contributed by atoms with Crippen LogP contribution in [0.5, 0.6) is 17.2 Å². The van der Waals surface area contributed by atoms with E-state index in [0.717, 1.165) is 33.6 Å². The highest BCUT2D eigenvalue weighted by atomic mass is 32.2. The number of carbonyl (C=O) groups is 1. The lowest BCUT2D eigenvalue weighted by Crippen LogP contribution is -2.24. The number of hydrogen-bond acceptors (Lipinski definition) is 7. The molecule has 35 heavy (non-hydrogen) atoms. The van der Waals surface area contributed by atoms with E-state index < -0.39 is 0 Å². The minimum absolute atomic E-state index is 0.119. The maximum Gasteiger partial charge on any atom is 0.230 e. The van der Waals surface area contributed by atoms with Gasteiger partial charge < -0.3 is 19.5 Å². The molecule has 0 unspecified atom stereocenters. The van der Waals surface area contributed by atoms with E-state index in [2.05, 4.69) is 17.3 Å². The average molecular weight is 493 g/mol. The van der Waals surface area contributed by atoms with Crippen molar-refractivity contribution in [1.29, 1.82) is 0 Å². The third-order valence-electron chi connectivity index (χ3n) is 5.48. The minimum Gasteiger partial charge on any atom is -0.493 e. The Morgan fingerprint density at radius 1 is 1.00 bits per heavy atom. The van der Waals surface area contributed by atoms with Crippen molar-refractivity contribution in [1.82, 2.24) is 19.9 Å². The molecule has 0 saturated heterocycles. The lowest BCUT2D eigenvalue weighted by molar-refractivity contribution is -0.118. The van der Waals surface area contributed by atoms with Gasteiger partial charge in [0.2, 0.25) is 11.7 Å². The number of methoxy groups -OCH3 is 3. The molecule has 9 heteroatoms. The number of aromatic nitrogens is 3. The molecular weight excluding hydrogens is 464 g/mol. The predicted molar refractivity (Wildman–Crippen MR) is 137 cm³/mol. The van der Waals surface area contributed by atoms with Crippen LogP contribution >= 0.6 is 11.8 Å². The Hall–Kier alpha value is -3.72. The molecule has 1 amide bonds. The molecular formula is C26H28N4O4S. The molecule has 2 heterocycles. The number of thioether (sulfide) groups is 1. The van der Waals surface area contributed by atoms with Crippen LogP contribution in [0.4, 0.5) is 0 Å². The Labute approximate surface area is 208 Å². The summed E-state index contributed by atoms with van der Waals surface area (Å²) in [4.78, 5) is 17.5. The maximum atomic E-state index is 12.7. The van der Waals surface area contributed by atoms with Crippen molar-refractivity contribution in [2.24, 2.45) is 0 Å². The second kappa shape index (κ2) is 10.7. The summed E-state index contributed by atoms with van der Waals surface area (Å²) >= 11 is 1.36. The van der Waals surface area contributed by atoms with E-state index in [0.29, 0.717) is 28.9 Å². The third kappa shape index (κ3) is 5.19. The maximum absolute atomic E-state index is 12.7. The van der Waals surface area contributed by atoms with Gasteiger partial charge in [0.15, 0.2) is 16.7 Å². The normalized spacial score (nSPS) is 10.9. The van der Waals surface area contributed by atoms with Gasteiger partial charge in [-0.2, -0.15) is 5.10 Å². The van der Waals surface area contributed by atoms with Gasteiger partial charge >= 0.3 is 0 Å². The molecule has 0 aliphatic carbocycles. The van der Waals surface area contributed by atoms with E-state index in [4.69, 9.17) is 19.2 Å².